The molecule has 0 amide bonds. The highest BCUT2D eigenvalue weighted by Gasteiger charge is 2.26. The van der Waals surface area contributed by atoms with E-state index in [2.05, 4.69) is 32.6 Å². The lowest BCUT2D eigenvalue weighted by Gasteiger charge is -2.39. The van der Waals surface area contributed by atoms with E-state index in [0.29, 0.717) is 12.0 Å². The number of hydrogen-bond acceptors (Lipinski definition) is 2. The maximum Gasteiger partial charge on any atom is 0.0988 e. The van der Waals surface area contributed by atoms with Crippen molar-refractivity contribution in [2.45, 2.75) is 39.8 Å². The van der Waals surface area contributed by atoms with Crippen molar-refractivity contribution in [2.75, 3.05) is 13.2 Å². The topological polar surface area (TPSA) is 36.3 Å². The summed E-state index contributed by atoms with van der Waals surface area (Å²) in [5.74, 6) is 1.05. The first-order valence-corrected chi connectivity index (χ1v) is 4.99. The molecule has 0 aromatic heterocycles. The van der Waals surface area contributed by atoms with Crippen molar-refractivity contribution in [1.29, 1.82) is 5.41 Å². The highest BCUT2D eigenvalue weighted by Crippen LogP contribution is 2.14. The van der Waals surface area contributed by atoms with Gasteiger partial charge in [-0.3, -0.25) is 5.41 Å². The number of hydrogen-bond donors (Lipinski definition) is 1. The molecule has 0 aromatic carbocycles. The van der Waals surface area contributed by atoms with E-state index in [1.165, 1.54) is 0 Å². The van der Waals surface area contributed by atoms with Crippen LogP contribution in [-0.4, -0.2) is 36.0 Å². The van der Waals surface area contributed by atoms with Gasteiger partial charge in [-0.25, -0.2) is 0 Å². The molecular weight excluding hydrogens is 164 g/mol. The van der Waals surface area contributed by atoms with Gasteiger partial charge in [0.25, 0.3) is 0 Å². The van der Waals surface area contributed by atoms with Crippen molar-refractivity contribution in [1.82, 2.24) is 4.90 Å². The fraction of sp³-hybridized carbons (Fsp3) is 0.900. The monoisotopic (exact) mass is 184 g/mol. The van der Waals surface area contributed by atoms with Crippen LogP contribution in [0.1, 0.15) is 27.7 Å². The van der Waals surface area contributed by atoms with Gasteiger partial charge in [0.15, 0.2) is 0 Å². The molecule has 2 atom stereocenters. The summed E-state index contributed by atoms with van der Waals surface area (Å²) in [6.07, 6.45) is 0.260. The minimum Gasteiger partial charge on any atom is -0.375 e. The van der Waals surface area contributed by atoms with Crippen LogP contribution >= 0.6 is 0 Å². The maximum atomic E-state index is 7.93. The Morgan fingerprint density at radius 1 is 1.46 bits per heavy atom. The summed E-state index contributed by atoms with van der Waals surface area (Å²) < 4.78 is 5.51. The second-order valence-corrected chi connectivity index (χ2v) is 4.19. The molecule has 1 aliphatic heterocycles. The molecule has 0 spiro atoms. The molecule has 1 rings (SSSR count). The highest BCUT2D eigenvalue weighted by molar-refractivity contribution is 5.81. The van der Waals surface area contributed by atoms with Gasteiger partial charge in [0.2, 0.25) is 0 Å². The Bertz CT molecular complexity index is 191. The molecule has 0 aromatic rings. The summed E-state index contributed by atoms with van der Waals surface area (Å²) in [5.41, 5.74) is 0. The molecule has 76 valence electrons. The van der Waals surface area contributed by atoms with Gasteiger partial charge >= 0.3 is 0 Å². The Hall–Kier alpha value is -0.570. The average molecular weight is 184 g/mol. The highest BCUT2D eigenvalue weighted by atomic mass is 16.5. The van der Waals surface area contributed by atoms with Crippen molar-refractivity contribution in [3.8, 4) is 0 Å². The molecule has 3 nitrogen and oxygen atoms in total. The van der Waals surface area contributed by atoms with Crippen molar-refractivity contribution >= 4 is 5.84 Å². The Balaban J connectivity index is 2.60. The Morgan fingerprint density at radius 3 is 2.62 bits per heavy atom. The van der Waals surface area contributed by atoms with Crippen LogP contribution in [0.3, 0.4) is 0 Å². The summed E-state index contributed by atoms with van der Waals surface area (Å²) in [4.78, 5) is 2.15. The number of nitrogens with one attached hydrogen (secondary N) is 1. The van der Waals surface area contributed by atoms with Gasteiger partial charge in [-0.05, 0) is 13.8 Å². The summed E-state index contributed by atoms with van der Waals surface area (Å²) in [7, 11) is 0. The zero-order valence-electron chi connectivity index (χ0n) is 9.00. The smallest absolute Gasteiger partial charge is 0.0988 e. The van der Waals surface area contributed by atoms with Crippen molar-refractivity contribution in [2.24, 2.45) is 5.92 Å². The van der Waals surface area contributed by atoms with Crippen LogP contribution in [0.25, 0.3) is 0 Å². The van der Waals surface area contributed by atoms with Gasteiger partial charge in [0.1, 0.15) is 0 Å². The molecule has 1 N–H and O–H groups in total. The van der Waals surface area contributed by atoms with Gasteiger partial charge in [-0.1, -0.05) is 13.8 Å². The fourth-order valence-corrected chi connectivity index (χ4v) is 1.57. The number of rotatable bonds is 1. The second kappa shape index (κ2) is 4.09. The third-order valence-electron chi connectivity index (χ3n) is 2.46. The van der Waals surface area contributed by atoms with Crippen LogP contribution < -0.4 is 0 Å². The minimum absolute atomic E-state index is 0.260. The standard InChI is InChI=1S/C10H20N2O/c1-7(2)10(11)12-5-9(4)13-6-8(12)3/h7-9,11H,5-6H2,1-4H3. The summed E-state index contributed by atoms with van der Waals surface area (Å²) in [5, 5.41) is 7.93. The lowest BCUT2D eigenvalue weighted by Crippen LogP contribution is -2.51. The Morgan fingerprint density at radius 2 is 2.08 bits per heavy atom. The van der Waals surface area contributed by atoms with Crippen LogP contribution in [0.4, 0.5) is 0 Å². The molecule has 0 radical (unpaired) electrons. The molecule has 1 fully saturated rings. The van der Waals surface area contributed by atoms with Gasteiger partial charge in [0.05, 0.1) is 24.6 Å². The lowest BCUT2D eigenvalue weighted by atomic mass is 10.1. The summed E-state index contributed by atoms with van der Waals surface area (Å²) in [6.45, 7) is 9.91. The zero-order chi connectivity index (χ0) is 10.0. The molecule has 3 heteroatoms. The van der Waals surface area contributed by atoms with E-state index < -0.39 is 0 Å². The van der Waals surface area contributed by atoms with Crippen LogP contribution in [-0.2, 0) is 4.74 Å². The van der Waals surface area contributed by atoms with Gasteiger partial charge < -0.3 is 9.64 Å². The predicted octanol–water partition coefficient (Wildman–Crippen LogP) is 1.73. The average Bonchev–Trinajstić information content (AvgIpc) is 2.08. The molecule has 1 saturated heterocycles. The van der Waals surface area contributed by atoms with Crippen molar-refractivity contribution in [3.05, 3.63) is 0 Å². The van der Waals surface area contributed by atoms with E-state index in [1.54, 1.807) is 0 Å². The molecular formula is C10H20N2O. The SMILES string of the molecule is CC1CN(C(=N)C(C)C)C(C)CO1. The summed E-state index contributed by atoms with van der Waals surface area (Å²) in [6, 6.07) is 0.353. The molecule has 0 bridgehead atoms. The number of ether oxygens (including phenoxy) is 1. The molecule has 13 heavy (non-hydrogen) atoms. The third kappa shape index (κ3) is 2.44. The molecule has 2 unspecified atom stereocenters. The van der Waals surface area contributed by atoms with E-state index in [1.807, 2.05) is 0 Å². The molecule has 1 aliphatic rings. The van der Waals surface area contributed by atoms with Gasteiger partial charge in [-0.2, -0.15) is 0 Å². The van der Waals surface area contributed by atoms with E-state index in [9.17, 15) is 0 Å². The molecule has 1 heterocycles. The van der Waals surface area contributed by atoms with Gasteiger partial charge in [0, 0.05) is 12.5 Å². The Kier molecular flexibility index (Phi) is 3.31. The number of morpholine rings is 1. The first-order valence-electron chi connectivity index (χ1n) is 4.99. The first kappa shape index (κ1) is 10.5. The largest absolute Gasteiger partial charge is 0.375 e. The number of nitrogens with zero attached hydrogens (tertiary/aromatic N) is 1. The first-order chi connectivity index (χ1) is 6.02. The second-order valence-electron chi connectivity index (χ2n) is 4.19. The quantitative estimate of drug-likeness (QED) is 0.497. The van der Waals surface area contributed by atoms with E-state index >= 15 is 0 Å². The van der Waals surface area contributed by atoms with E-state index in [-0.39, 0.29) is 6.10 Å². The van der Waals surface area contributed by atoms with Crippen LogP contribution in [0.15, 0.2) is 0 Å². The normalized spacial score (nSPS) is 29.5. The van der Waals surface area contributed by atoms with Gasteiger partial charge in [-0.15, -0.1) is 0 Å². The summed E-state index contributed by atoms with van der Waals surface area (Å²) >= 11 is 0. The van der Waals surface area contributed by atoms with Crippen molar-refractivity contribution in [3.63, 3.8) is 0 Å². The fourth-order valence-electron chi connectivity index (χ4n) is 1.57. The van der Waals surface area contributed by atoms with E-state index in [4.69, 9.17) is 10.1 Å². The predicted molar refractivity (Wildman–Crippen MR) is 54.1 cm³/mol. The molecule has 0 saturated carbocycles. The third-order valence-corrected chi connectivity index (χ3v) is 2.46. The van der Waals surface area contributed by atoms with Crippen LogP contribution in [0.2, 0.25) is 0 Å². The molecule has 0 aliphatic carbocycles. The van der Waals surface area contributed by atoms with Crippen LogP contribution in [0, 0.1) is 11.3 Å². The van der Waals surface area contributed by atoms with Crippen molar-refractivity contribution < 1.29 is 4.74 Å². The zero-order valence-corrected chi connectivity index (χ0v) is 9.00. The number of amidine groups is 1. The lowest BCUT2D eigenvalue weighted by molar-refractivity contribution is -0.0240. The maximum absolute atomic E-state index is 7.93. The Labute approximate surface area is 80.6 Å². The van der Waals surface area contributed by atoms with E-state index in [0.717, 1.165) is 19.0 Å². The van der Waals surface area contributed by atoms with Crippen LogP contribution in [0.5, 0.6) is 0 Å². The minimum atomic E-state index is 0.260.